The SMILES string of the molecule is CCN(C[C@H](CO)OC)/C(=N\C#N)NC[C@H](NC(=O)c1c(Cl)cc2c(c1Cl)CCN(C(=O)c1cc3ccccc3o1)C2)C(=O)O. The standard InChI is InChI=1S/C30H32Cl2N6O7/c1-3-37(14-19(15-39)44-2)30(35-16-33)34-12-22(29(42)43)36-27(40)25-21(31)10-18-13-38(9-8-20(18)26(25)32)28(41)24-11-17-6-4-5-7-23(17)45-24/h4-7,10-11,19,22,39H,3,8-9,12-15H2,1-2H3,(H,34,35)(H,36,40)(H,42,43)/t19-,22+/m1/s1. The molecule has 13 nitrogen and oxygen atoms in total. The van der Waals surface area contributed by atoms with Gasteiger partial charge in [-0.15, -0.1) is 4.99 Å². The molecule has 0 bridgehead atoms. The second-order valence-electron chi connectivity index (χ2n) is 10.2. The molecular formula is C30H32Cl2N6O7. The molecule has 0 unspecified atom stereocenters. The van der Waals surface area contributed by atoms with Crippen LogP contribution in [0.15, 0.2) is 45.8 Å². The van der Waals surface area contributed by atoms with E-state index in [4.69, 9.17) is 37.6 Å². The maximum atomic E-state index is 13.3. The van der Waals surface area contributed by atoms with Crippen molar-refractivity contribution in [2.24, 2.45) is 4.99 Å². The van der Waals surface area contributed by atoms with Gasteiger partial charge in [-0.1, -0.05) is 41.4 Å². The summed E-state index contributed by atoms with van der Waals surface area (Å²) >= 11 is 13.2. The Bertz CT molecular complexity index is 1620. The predicted molar refractivity (Wildman–Crippen MR) is 166 cm³/mol. The number of aliphatic carboxylic acids is 1. The molecule has 0 fully saturated rings. The van der Waals surface area contributed by atoms with Gasteiger partial charge in [0, 0.05) is 45.2 Å². The fraction of sp³-hybridized carbons (Fsp3) is 0.367. The molecule has 2 atom stereocenters. The zero-order valence-corrected chi connectivity index (χ0v) is 26.1. The van der Waals surface area contributed by atoms with E-state index in [2.05, 4.69) is 15.6 Å². The van der Waals surface area contributed by atoms with E-state index in [-0.39, 0.29) is 59.5 Å². The zero-order chi connectivity index (χ0) is 32.7. The van der Waals surface area contributed by atoms with Crippen molar-refractivity contribution in [1.29, 1.82) is 5.26 Å². The third-order valence-corrected chi connectivity index (χ3v) is 8.14. The Hall–Kier alpha value is -4.35. The molecule has 1 aliphatic rings. The molecule has 1 aliphatic heterocycles. The van der Waals surface area contributed by atoms with Crippen molar-refractivity contribution >= 4 is 57.9 Å². The number of nitrogens with one attached hydrogen (secondary N) is 2. The summed E-state index contributed by atoms with van der Waals surface area (Å²) in [6, 6.07) is 9.09. The number of aliphatic hydroxyl groups excluding tert-OH is 1. The minimum Gasteiger partial charge on any atom is -0.480 e. The van der Waals surface area contributed by atoms with Gasteiger partial charge in [0.25, 0.3) is 11.8 Å². The molecule has 3 aromatic rings. The maximum absolute atomic E-state index is 13.3. The summed E-state index contributed by atoms with van der Waals surface area (Å²) in [4.78, 5) is 45.5. The first kappa shape index (κ1) is 33.5. The van der Waals surface area contributed by atoms with Crippen LogP contribution in [-0.2, 0) is 22.5 Å². The summed E-state index contributed by atoms with van der Waals surface area (Å²) < 4.78 is 10.9. The first-order chi connectivity index (χ1) is 21.6. The molecule has 2 amide bonds. The van der Waals surface area contributed by atoms with Gasteiger partial charge in [-0.2, -0.15) is 5.26 Å². The Labute approximate surface area is 268 Å². The molecule has 0 aliphatic carbocycles. The zero-order valence-electron chi connectivity index (χ0n) is 24.5. The Morgan fingerprint density at radius 2 is 2.02 bits per heavy atom. The molecule has 4 rings (SSSR count). The van der Waals surface area contributed by atoms with Crippen molar-refractivity contribution in [3.63, 3.8) is 0 Å². The Morgan fingerprint density at radius 3 is 2.67 bits per heavy atom. The number of guanidine groups is 1. The number of aliphatic hydroxyl groups is 1. The van der Waals surface area contributed by atoms with Crippen molar-refractivity contribution in [2.75, 3.05) is 39.9 Å². The number of fused-ring (bicyclic) bond motifs is 2. The highest BCUT2D eigenvalue weighted by atomic mass is 35.5. The lowest BCUT2D eigenvalue weighted by Gasteiger charge is -2.30. The molecule has 15 heteroatoms. The minimum absolute atomic E-state index is 0.00937. The number of para-hydroxylation sites is 1. The van der Waals surface area contributed by atoms with Gasteiger partial charge in [0.05, 0.1) is 28.3 Å². The molecule has 4 N–H and O–H groups in total. The van der Waals surface area contributed by atoms with Gasteiger partial charge in [0.15, 0.2) is 5.76 Å². The van der Waals surface area contributed by atoms with Crippen LogP contribution in [0.2, 0.25) is 10.0 Å². The highest BCUT2D eigenvalue weighted by Gasteiger charge is 2.31. The predicted octanol–water partition coefficient (Wildman–Crippen LogP) is 2.88. The molecule has 238 valence electrons. The van der Waals surface area contributed by atoms with Gasteiger partial charge in [-0.05, 0) is 42.7 Å². The summed E-state index contributed by atoms with van der Waals surface area (Å²) in [6.07, 6.45) is 1.42. The highest BCUT2D eigenvalue weighted by Crippen LogP contribution is 2.35. The molecule has 0 spiro atoms. The van der Waals surface area contributed by atoms with Crippen molar-refractivity contribution in [3.8, 4) is 6.19 Å². The van der Waals surface area contributed by atoms with Crippen LogP contribution in [0.3, 0.4) is 0 Å². The highest BCUT2D eigenvalue weighted by molar-refractivity contribution is 6.40. The van der Waals surface area contributed by atoms with Gasteiger partial charge < -0.3 is 39.8 Å². The summed E-state index contributed by atoms with van der Waals surface area (Å²) in [7, 11) is 1.42. The lowest BCUT2D eigenvalue weighted by atomic mass is 9.96. The molecule has 2 heterocycles. The summed E-state index contributed by atoms with van der Waals surface area (Å²) in [6.45, 7) is 2.18. The number of methoxy groups -OCH3 is 1. The van der Waals surface area contributed by atoms with E-state index in [1.54, 1.807) is 41.1 Å². The molecule has 1 aromatic heterocycles. The quantitative estimate of drug-likeness (QED) is 0.136. The number of ether oxygens (including phenoxy) is 1. The Kier molecular flexibility index (Phi) is 11.2. The van der Waals surface area contributed by atoms with Crippen LogP contribution < -0.4 is 10.6 Å². The van der Waals surface area contributed by atoms with Crippen molar-refractivity contribution in [3.05, 3.63) is 68.9 Å². The van der Waals surface area contributed by atoms with Crippen molar-refractivity contribution < 1.29 is 33.8 Å². The summed E-state index contributed by atoms with van der Waals surface area (Å²) in [5, 5.41) is 34.6. The average Bonchev–Trinajstić information content (AvgIpc) is 3.47. The van der Waals surface area contributed by atoms with E-state index < -0.39 is 24.0 Å². The number of furan rings is 1. The summed E-state index contributed by atoms with van der Waals surface area (Å²) in [5.74, 6) is -2.21. The van der Waals surface area contributed by atoms with Crippen LogP contribution in [-0.4, -0.2) is 95.8 Å². The van der Waals surface area contributed by atoms with Gasteiger partial charge in [0.2, 0.25) is 12.2 Å². The number of nitriles is 1. The van der Waals surface area contributed by atoms with E-state index in [0.717, 1.165) is 5.39 Å². The molecule has 0 saturated carbocycles. The average molecular weight is 660 g/mol. The number of halogens is 2. The third kappa shape index (κ3) is 7.66. The number of hydrogen-bond acceptors (Lipinski definition) is 8. The Morgan fingerprint density at radius 1 is 1.27 bits per heavy atom. The van der Waals surface area contributed by atoms with E-state index >= 15 is 0 Å². The van der Waals surface area contributed by atoms with E-state index in [0.29, 0.717) is 36.2 Å². The van der Waals surface area contributed by atoms with Crippen LogP contribution >= 0.6 is 23.2 Å². The number of aliphatic imine (C=N–C) groups is 1. The number of likely N-dealkylation sites (N-methyl/N-ethyl adjacent to an activating group) is 1. The Balaban J connectivity index is 1.47. The van der Waals surface area contributed by atoms with E-state index in [1.165, 1.54) is 7.11 Å². The first-order valence-corrected chi connectivity index (χ1v) is 14.8. The number of amides is 2. The van der Waals surface area contributed by atoms with Crippen LogP contribution in [0.1, 0.15) is 39.0 Å². The minimum atomic E-state index is -1.46. The van der Waals surface area contributed by atoms with Crippen molar-refractivity contribution in [1.82, 2.24) is 20.4 Å². The van der Waals surface area contributed by atoms with Crippen LogP contribution in [0, 0.1) is 11.5 Å². The smallest absolute Gasteiger partial charge is 0.328 e. The van der Waals surface area contributed by atoms with Gasteiger partial charge in [-0.3, -0.25) is 9.59 Å². The van der Waals surface area contributed by atoms with E-state index in [1.807, 2.05) is 18.2 Å². The lowest BCUT2D eigenvalue weighted by molar-refractivity contribution is -0.139. The van der Waals surface area contributed by atoms with Gasteiger partial charge >= 0.3 is 5.97 Å². The lowest BCUT2D eigenvalue weighted by Crippen LogP contribution is -2.52. The third-order valence-electron chi connectivity index (χ3n) is 7.42. The monoisotopic (exact) mass is 658 g/mol. The first-order valence-electron chi connectivity index (χ1n) is 14.0. The second-order valence-corrected chi connectivity index (χ2v) is 11.0. The molecule has 45 heavy (non-hydrogen) atoms. The van der Waals surface area contributed by atoms with Crippen LogP contribution in [0.4, 0.5) is 0 Å². The molecule has 2 aromatic carbocycles. The summed E-state index contributed by atoms with van der Waals surface area (Å²) in [5.41, 5.74) is 1.80. The number of carboxylic acids is 1. The number of rotatable bonds is 11. The number of nitrogens with zero attached hydrogens (tertiary/aromatic N) is 4. The maximum Gasteiger partial charge on any atom is 0.328 e. The number of carboxylic acid groups (broad SMARTS) is 1. The van der Waals surface area contributed by atoms with Gasteiger partial charge in [0.1, 0.15) is 11.6 Å². The number of carbonyl (C=O) groups is 3. The normalized spacial score (nSPS) is 14.3. The second kappa shape index (κ2) is 15.1. The largest absolute Gasteiger partial charge is 0.480 e. The van der Waals surface area contributed by atoms with Gasteiger partial charge in [-0.25, -0.2) is 4.79 Å². The molecule has 0 radical (unpaired) electrons. The number of carbonyl (C=O) groups excluding carboxylic acids is 2. The number of hydrogen-bond donors (Lipinski definition) is 4. The fourth-order valence-electron chi connectivity index (χ4n) is 4.99. The number of benzene rings is 2. The van der Waals surface area contributed by atoms with E-state index in [9.17, 15) is 24.6 Å². The molecular weight excluding hydrogens is 627 g/mol. The van der Waals surface area contributed by atoms with Crippen molar-refractivity contribution in [2.45, 2.75) is 32.0 Å². The molecule has 0 saturated heterocycles. The fourth-order valence-corrected chi connectivity index (χ4v) is 5.75. The van der Waals surface area contributed by atoms with Crippen LogP contribution in [0.5, 0.6) is 0 Å². The van der Waals surface area contributed by atoms with Crippen LogP contribution in [0.25, 0.3) is 11.0 Å². The topological polar surface area (TPSA) is 181 Å².